The van der Waals surface area contributed by atoms with Gasteiger partial charge in [0.25, 0.3) is 0 Å². The molecular formula is C7H8O3. The minimum absolute atomic E-state index is 0.116. The molecule has 1 aliphatic rings. The molecule has 3 nitrogen and oxygen atoms in total. The number of hydrogen-bond donors (Lipinski definition) is 0. The molecule has 1 atom stereocenters. The topological polar surface area (TPSA) is 43.4 Å². The van der Waals surface area contributed by atoms with Crippen LogP contribution in [0.25, 0.3) is 0 Å². The molecule has 0 saturated heterocycles. The Morgan fingerprint density at radius 2 is 2.50 bits per heavy atom. The van der Waals surface area contributed by atoms with Crippen molar-refractivity contribution >= 4 is 11.8 Å². The number of hydrogen-bond acceptors (Lipinski definition) is 3. The van der Waals surface area contributed by atoms with Crippen molar-refractivity contribution in [2.75, 3.05) is 0 Å². The van der Waals surface area contributed by atoms with Crippen LogP contribution >= 0.6 is 0 Å². The summed E-state index contributed by atoms with van der Waals surface area (Å²) in [5, 5.41) is 0. The van der Waals surface area contributed by atoms with Crippen LogP contribution in [-0.2, 0) is 14.3 Å². The second-order valence-corrected chi connectivity index (χ2v) is 2.14. The molecule has 0 saturated carbocycles. The third-order valence-electron chi connectivity index (χ3n) is 1.26. The van der Waals surface area contributed by atoms with E-state index < -0.39 is 12.1 Å². The number of ketones is 1. The quantitative estimate of drug-likeness (QED) is 0.496. The van der Waals surface area contributed by atoms with Crippen molar-refractivity contribution in [3.8, 4) is 0 Å². The Morgan fingerprint density at radius 1 is 1.80 bits per heavy atom. The fourth-order valence-electron chi connectivity index (χ4n) is 0.838. The first-order valence-corrected chi connectivity index (χ1v) is 3.08. The standard InChI is InChI=1S/C7H8O3/c1-5(8)10-7-4-2-3-6(7)9/h2-3,7H,4H2,1H3/t7-/m0/s1. The highest BCUT2D eigenvalue weighted by atomic mass is 16.5. The molecule has 1 aliphatic carbocycles. The van der Waals surface area contributed by atoms with Gasteiger partial charge in [0, 0.05) is 13.3 Å². The van der Waals surface area contributed by atoms with Gasteiger partial charge in [-0.05, 0) is 6.08 Å². The SMILES string of the molecule is CC(=O)O[C@H]1CC=CC1=O. The van der Waals surface area contributed by atoms with Crippen LogP contribution in [0.5, 0.6) is 0 Å². The lowest BCUT2D eigenvalue weighted by Crippen LogP contribution is -2.20. The highest BCUT2D eigenvalue weighted by Crippen LogP contribution is 2.09. The Bertz CT molecular complexity index is 193. The van der Waals surface area contributed by atoms with Crippen molar-refractivity contribution in [1.82, 2.24) is 0 Å². The maximum absolute atomic E-state index is 10.7. The van der Waals surface area contributed by atoms with Crippen molar-refractivity contribution in [2.24, 2.45) is 0 Å². The van der Waals surface area contributed by atoms with Gasteiger partial charge in [-0.2, -0.15) is 0 Å². The largest absolute Gasteiger partial charge is 0.454 e. The van der Waals surface area contributed by atoms with Gasteiger partial charge < -0.3 is 4.74 Å². The van der Waals surface area contributed by atoms with Gasteiger partial charge in [0.1, 0.15) is 0 Å². The summed E-state index contributed by atoms with van der Waals surface area (Å²) < 4.78 is 4.67. The molecule has 0 aromatic heterocycles. The van der Waals surface area contributed by atoms with Crippen LogP contribution in [0.4, 0.5) is 0 Å². The Balaban J connectivity index is 2.45. The summed E-state index contributed by atoms with van der Waals surface area (Å²) in [6.07, 6.45) is 3.12. The van der Waals surface area contributed by atoms with E-state index in [0.717, 1.165) is 0 Å². The van der Waals surface area contributed by atoms with E-state index >= 15 is 0 Å². The molecule has 54 valence electrons. The van der Waals surface area contributed by atoms with Gasteiger partial charge in [-0.1, -0.05) is 6.08 Å². The summed E-state index contributed by atoms with van der Waals surface area (Å²) in [7, 11) is 0. The van der Waals surface area contributed by atoms with Crippen molar-refractivity contribution in [1.29, 1.82) is 0 Å². The highest BCUT2D eigenvalue weighted by molar-refractivity contribution is 5.96. The Labute approximate surface area is 58.7 Å². The zero-order valence-corrected chi connectivity index (χ0v) is 5.66. The smallest absolute Gasteiger partial charge is 0.303 e. The zero-order valence-electron chi connectivity index (χ0n) is 5.66. The van der Waals surface area contributed by atoms with Crippen molar-refractivity contribution in [3.05, 3.63) is 12.2 Å². The number of carbonyl (C=O) groups excluding carboxylic acids is 2. The van der Waals surface area contributed by atoms with Crippen molar-refractivity contribution < 1.29 is 14.3 Å². The molecule has 0 unspecified atom stereocenters. The number of carbonyl (C=O) groups is 2. The molecule has 0 radical (unpaired) electrons. The maximum atomic E-state index is 10.7. The lowest BCUT2D eigenvalue weighted by atomic mass is 10.3. The first-order chi connectivity index (χ1) is 4.70. The molecule has 0 N–H and O–H groups in total. The average Bonchev–Trinajstić information content (AvgIpc) is 2.15. The predicted octanol–water partition coefficient (Wildman–Crippen LogP) is 0.447. The maximum Gasteiger partial charge on any atom is 0.303 e. The third-order valence-corrected chi connectivity index (χ3v) is 1.26. The van der Waals surface area contributed by atoms with Crippen LogP contribution in [0.2, 0.25) is 0 Å². The molecule has 0 aromatic rings. The van der Waals surface area contributed by atoms with E-state index in [2.05, 4.69) is 4.74 Å². The number of ether oxygens (including phenoxy) is 1. The first kappa shape index (κ1) is 6.99. The van der Waals surface area contributed by atoms with E-state index in [1.165, 1.54) is 13.0 Å². The average molecular weight is 140 g/mol. The van der Waals surface area contributed by atoms with Gasteiger partial charge in [0.05, 0.1) is 0 Å². The Hall–Kier alpha value is -1.12. The van der Waals surface area contributed by atoms with Crippen LogP contribution in [-0.4, -0.2) is 17.9 Å². The summed E-state index contributed by atoms with van der Waals surface area (Å²) in [6, 6.07) is 0. The summed E-state index contributed by atoms with van der Waals surface area (Å²) in [6.45, 7) is 1.30. The third kappa shape index (κ3) is 1.43. The summed E-state index contributed by atoms with van der Waals surface area (Å²) >= 11 is 0. The van der Waals surface area contributed by atoms with E-state index in [-0.39, 0.29) is 5.78 Å². The molecule has 1 rings (SSSR count). The monoisotopic (exact) mass is 140 g/mol. The lowest BCUT2D eigenvalue weighted by molar-refractivity contribution is -0.150. The van der Waals surface area contributed by atoms with Gasteiger partial charge >= 0.3 is 5.97 Å². The molecule has 10 heavy (non-hydrogen) atoms. The van der Waals surface area contributed by atoms with Gasteiger partial charge in [0.15, 0.2) is 11.9 Å². The highest BCUT2D eigenvalue weighted by Gasteiger charge is 2.21. The minimum atomic E-state index is -0.544. The second kappa shape index (κ2) is 2.64. The van der Waals surface area contributed by atoms with E-state index in [1.54, 1.807) is 6.08 Å². The van der Waals surface area contributed by atoms with Gasteiger partial charge in [-0.3, -0.25) is 9.59 Å². The molecule has 0 aromatic carbocycles. The molecule has 0 spiro atoms. The van der Waals surface area contributed by atoms with E-state index in [4.69, 9.17) is 0 Å². The van der Waals surface area contributed by atoms with Gasteiger partial charge in [-0.25, -0.2) is 0 Å². The number of esters is 1. The predicted molar refractivity (Wildman–Crippen MR) is 34.3 cm³/mol. The van der Waals surface area contributed by atoms with Crippen molar-refractivity contribution in [2.45, 2.75) is 19.4 Å². The fourth-order valence-corrected chi connectivity index (χ4v) is 0.838. The lowest BCUT2D eigenvalue weighted by Gasteiger charge is -2.06. The van der Waals surface area contributed by atoms with Crippen molar-refractivity contribution in [3.63, 3.8) is 0 Å². The van der Waals surface area contributed by atoms with E-state index in [0.29, 0.717) is 6.42 Å². The van der Waals surface area contributed by atoms with Gasteiger partial charge in [-0.15, -0.1) is 0 Å². The summed E-state index contributed by atoms with van der Waals surface area (Å²) in [5.41, 5.74) is 0. The first-order valence-electron chi connectivity index (χ1n) is 3.08. The molecule has 0 amide bonds. The molecular weight excluding hydrogens is 132 g/mol. The molecule has 0 heterocycles. The molecule has 0 aliphatic heterocycles. The van der Waals surface area contributed by atoms with Gasteiger partial charge in [0.2, 0.25) is 0 Å². The van der Waals surface area contributed by atoms with Crippen LogP contribution in [0, 0.1) is 0 Å². The summed E-state index contributed by atoms with van der Waals surface area (Å²) in [5.74, 6) is -0.516. The number of rotatable bonds is 1. The van der Waals surface area contributed by atoms with Crippen LogP contribution < -0.4 is 0 Å². The normalized spacial score (nSPS) is 23.3. The molecule has 0 bridgehead atoms. The summed E-state index contributed by atoms with van der Waals surface area (Å²) in [4.78, 5) is 21.1. The van der Waals surface area contributed by atoms with E-state index in [9.17, 15) is 9.59 Å². The Kier molecular flexibility index (Phi) is 1.85. The van der Waals surface area contributed by atoms with Crippen LogP contribution in [0.1, 0.15) is 13.3 Å². The van der Waals surface area contributed by atoms with Crippen LogP contribution in [0.15, 0.2) is 12.2 Å². The molecule has 3 heteroatoms. The van der Waals surface area contributed by atoms with E-state index in [1.807, 2.05) is 0 Å². The zero-order chi connectivity index (χ0) is 7.56. The second-order valence-electron chi connectivity index (χ2n) is 2.14. The minimum Gasteiger partial charge on any atom is -0.454 e. The van der Waals surface area contributed by atoms with Crippen LogP contribution in [0.3, 0.4) is 0 Å². The fraction of sp³-hybridized carbons (Fsp3) is 0.429. The Morgan fingerprint density at radius 3 is 2.90 bits per heavy atom. The molecule has 0 fully saturated rings.